The Balaban J connectivity index is 1.86. The zero-order valence-electron chi connectivity index (χ0n) is 9.48. The molecule has 0 radical (unpaired) electrons. The lowest BCUT2D eigenvalue weighted by atomic mass is 10.0. The molecule has 1 aliphatic carbocycles. The van der Waals surface area contributed by atoms with Gasteiger partial charge >= 0.3 is 6.61 Å². The van der Waals surface area contributed by atoms with Crippen molar-refractivity contribution in [2.45, 2.75) is 38.4 Å². The third-order valence-corrected chi connectivity index (χ3v) is 3.04. The highest BCUT2D eigenvalue weighted by atomic mass is 19.3. The Kier molecular flexibility index (Phi) is 3.94. The summed E-state index contributed by atoms with van der Waals surface area (Å²) in [6, 6.07) is 6.19. The first-order valence-electron chi connectivity index (χ1n) is 5.88. The number of benzene rings is 1. The van der Waals surface area contributed by atoms with Gasteiger partial charge in [-0.15, -0.1) is 0 Å². The van der Waals surface area contributed by atoms with Gasteiger partial charge in [0.2, 0.25) is 0 Å². The van der Waals surface area contributed by atoms with Crippen molar-refractivity contribution in [2.24, 2.45) is 5.92 Å². The molecule has 0 aliphatic heterocycles. The molecule has 1 atom stereocenters. The van der Waals surface area contributed by atoms with Crippen LogP contribution in [0, 0.1) is 5.92 Å². The molecule has 4 heteroatoms. The summed E-state index contributed by atoms with van der Waals surface area (Å²) < 4.78 is 28.1. The minimum Gasteiger partial charge on any atom is -0.435 e. The second kappa shape index (κ2) is 5.45. The average molecular weight is 242 g/mol. The van der Waals surface area contributed by atoms with Crippen LogP contribution in [0.15, 0.2) is 24.3 Å². The normalized spacial score (nSPS) is 17.2. The summed E-state index contributed by atoms with van der Waals surface area (Å²) in [6.45, 7) is -2.80. The maximum Gasteiger partial charge on any atom is 0.387 e. The molecule has 1 unspecified atom stereocenters. The summed E-state index contributed by atoms with van der Waals surface area (Å²) >= 11 is 0. The van der Waals surface area contributed by atoms with E-state index < -0.39 is 12.7 Å². The van der Waals surface area contributed by atoms with Crippen LogP contribution >= 0.6 is 0 Å². The maximum absolute atomic E-state index is 11.9. The van der Waals surface area contributed by atoms with E-state index in [2.05, 4.69) is 4.74 Å². The fourth-order valence-electron chi connectivity index (χ4n) is 1.84. The minimum atomic E-state index is -2.80. The third kappa shape index (κ3) is 3.97. The number of aliphatic hydroxyl groups is 1. The predicted octanol–water partition coefficient (Wildman–Crippen LogP) is 3.51. The van der Waals surface area contributed by atoms with Crippen molar-refractivity contribution in [3.8, 4) is 5.75 Å². The van der Waals surface area contributed by atoms with E-state index in [1.54, 1.807) is 12.1 Å². The average Bonchev–Trinajstić information content (AvgIpc) is 3.10. The summed E-state index contributed by atoms with van der Waals surface area (Å²) in [5, 5.41) is 9.88. The molecule has 0 heterocycles. The number of hydrogen-bond acceptors (Lipinski definition) is 2. The van der Waals surface area contributed by atoms with Gasteiger partial charge in [0.1, 0.15) is 5.75 Å². The topological polar surface area (TPSA) is 29.5 Å². The predicted molar refractivity (Wildman–Crippen MR) is 60.0 cm³/mol. The van der Waals surface area contributed by atoms with Crippen LogP contribution in [0.25, 0.3) is 0 Å². The maximum atomic E-state index is 11.9. The van der Waals surface area contributed by atoms with Crippen LogP contribution in [0.2, 0.25) is 0 Å². The Bertz CT molecular complexity index is 347. The van der Waals surface area contributed by atoms with Gasteiger partial charge in [0.15, 0.2) is 0 Å². The zero-order valence-corrected chi connectivity index (χ0v) is 9.48. The van der Waals surface area contributed by atoms with Gasteiger partial charge in [0.25, 0.3) is 0 Å². The van der Waals surface area contributed by atoms with Gasteiger partial charge in [0.05, 0.1) is 6.10 Å². The molecule has 2 nitrogen and oxygen atoms in total. The third-order valence-electron chi connectivity index (χ3n) is 3.04. The molecule has 0 bridgehead atoms. The van der Waals surface area contributed by atoms with Crippen LogP contribution in [-0.2, 0) is 0 Å². The molecule has 1 aliphatic rings. The lowest BCUT2D eigenvalue weighted by Crippen LogP contribution is -2.02. The molecule has 1 saturated carbocycles. The molecule has 0 saturated heterocycles. The van der Waals surface area contributed by atoms with E-state index in [0.717, 1.165) is 24.3 Å². The lowest BCUT2D eigenvalue weighted by Gasteiger charge is -2.11. The molecule has 1 fully saturated rings. The second-order valence-corrected chi connectivity index (χ2v) is 4.48. The first-order chi connectivity index (χ1) is 8.15. The largest absolute Gasteiger partial charge is 0.435 e. The second-order valence-electron chi connectivity index (χ2n) is 4.48. The number of halogens is 2. The molecule has 0 amide bonds. The molecule has 17 heavy (non-hydrogen) atoms. The molecule has 0 spiro atoms. The van der Waals surface area contributed by atoms with Gasteiger partial charge in [-0.3, -0.25) is 0 Å². The SMILES string of the molecule is OC(CCC1CC1)c1ccc(OC(F)F)cc1. The summed E-state index contributed by atoms with van der Waals surface area (Å²) in [7, 11) is 0. The van der Waals surface area contributed by atoms with Crippen LogP contribution in [0.5, 0.6) is 5.75 Å². The monoisotopic (exact) mass is 242 g/mol. The minimum absolute atomic E-state index is 0.123. The van der Waals surface area contributed by atoms with E-state index in [0.29, 0.717) is 0 Å². The van der Waals surface area contributed by atoms with Crippen molar-refractivity contribution in [2.75, 3.05) is 0 Å². The highest BCUT2D eigenvalue weighted by Gasteiger charge is 2.22. The van der Waals surface area contributed by atoms with Crippen molar-refractivity contribution in [1.29, 1.82) is 0 Å². The van der Waals surface area contributed by atoms with Crippen LogP contribution in [0.4, 0.5) is 8.78 Å². The highest BCUT2D eigenvalue weighted by molar-refractivity contribution is 5.28. The standard InChI is InChI=1S/C13H16F2O2/c14-13(15)17-11-6-4-10(5-7-11)12(16)8-3-9-1-2-9/h4-7,9,12-13,16H,1-3,8H2. The van der Waals surface area contributed by atoms with Crippen LogP contribution in [-0.4, -0.2) is 11.7 Å². The molecular weight excluding hydrogens is 226 g/mol. The van der Waals surface area contributed by atoms with Crippen molar-refractivity contribution < 1.29 is 18.6 Å². The number of aliphatic hydroxyl groups excluding tert-OH is 1. The summed E-state index contributed by atoms with van der Waals surface area (Å²) in [5.41, 5.74) is 0.757. The highest BCUT2D eigenvalue weighted by Crippen LogP contribution is 2.36. The molecule has 94 valence electrons. The fraction of sp³-hybridized carbons (Fsp3) is 0.538. The Labute approximate surface area is 99.2 Å². The summed E-state index contributed by atoms with van der Waals surface area (Å²) in [5.74, 6) is 0.907. The van der Waals surface area contributed by atoms with Gasteiger partial charge in [-0.25, -0.2) is 0 Å². The van der Waals surface area contributed by atoms with E-state index in [-0.39, 0.29) is 5.75 Å². The zero-order chi connectivity index (χ0) is 12.3. The van der Waals surface area contributed by atoms with Crippen LogP contribution in [0.3, 0.4) is 0 Å². The smallest absolute Gasteiger partial charge is 0.387 e. The van der Waals surface area contributed by atoms with E-state index in [9.17, 15) is 13.9 Å². The van der Waals surface area contributed by atoms with E-state index in [4.69, 9.17) is 0 Å². The Morgan fingerprint density at radius 2 is 1.88 bits per heavy atom. The molecule has 1 aromatic carbocycles. The van der Waals surface area contributed by atoms with Gasteiger partial charge in [0, 0.05) is 0 Å². The van der Waals surface area contributed by atoms with Crippen LogP contribution in [0.1, 0.15) is 37.4 Å². The van der Waals surface area contributed by atoms with Gasteiger partial charge in [-0.05, 0) is 36.5 Å². The fourth-order valence-corrected chi connectivity index (χ4v) is 1.84. The summed E-state index contributed by atoms with van der Waals surface area (Å²) in [6.07, 6.45) is 3.81. The van der Waals surface area contributed by atoms with Crippen molar-refractivity contribution in [1.82, 2.24) is 0 Å². The Morgan fingerprint density at radius 3 is 2.41 bits per heavy atom. The van der Waals surface area contributed by atoms with Gasteiger partial charge in [-0.1, -0.05) is 25.0 Å². The van der Waals surface area contributed by atoms with E-state index in [1.807, 2.05) is 0 Å². The van der Waals surface area contributed by atoms with Gasteiger partial charge in [-0.2, -0.15) is 8.78 Å². The van der Waals surface area contributed by atoms with E-state index >= 15 is 0 Å². The number of ether oxygens (including phenoxy) is 1. The number of alkyl halides is 2. The van der Waals surface area contributed by atoms with E-state index in [1.165, 1.54) is 25.0 Å². The molecular formula is C13H16F2O2. The van der Waals surface area contributed by atoms with Crippen molar-refractivity contribution in [3.05, 3.63) is 29.8 Å². The first-order valence-corrected chi connectivity index (χ1v) is 5.88. The molecule has 1 N–H and O–H groups in total. The molecule has 1 aromatic rings. The quantitative estimate of drug-likeness (QED) is 0.827. The number of hydrogen-bond donors (Lipinski definition) is 1. The lowest BCUT2D eigenvalue weighted by molar-refractivity contribution is -0.0498. The Morgan fingerprint density at radius 1 is 1.24 bits per heavy atom. The molecule has 0 aromatic heterocycles. The number of rotatable bonds is 6. The Hall–Kier alpha value is -1.16. The van der Waals surface area contributed by atoms with Crippen molar-refractivity contribution in [3.63, 3.8) is 0 Å². The van der Waals surface area contributed by atoms with Gasteiger partial charge < -0.3 is 9.84 Å². The first kappa shape index (κ1) is 12.3. The van der Waals surface area contributed by atoms with Crippen molar-refractivity contribution >= 4 is 0 Å². The molecule has 2 rings (SSSR count). The van der Waals surface area contributed by atoms with Crippen LogP contribution < -0.4 is 4.74 Å². The summed E-state index contributed by atoms with van der Waals surface area (Å²) in [4.78, 5) is 0.